The van der Waals surface area contributed by atoms with Gasteiger partial charge in [0, 0.05) is 19.6 Å². The Hall–Kier alpha value is -0.120. The molecule has 0 aromatic carbocycles. The fourth-order valence-corrected chi connectivity index (χ4v) is 3.29. The summed E-state index contributed by atoms with van der Waals surface area (Å²) in [4.78, 5) is 5.33. The lowest BCUT2D eigenvalue weighted by Crippen LogP contribution is -2.42. The molecule has 2 heterocycles. The minimum atomic E-state index is 0.892. The maximum atomic E-state index is 3.59. The lowest BCUT2D eigenvalue weighted by molar-refractivity contribution is 0.154. The van der Waals surface area contributed by atoms with E-state index in [0.717, 1.165) is 5.92 Å². The zero-order valence-corrected chi connectivity index (χ0v) is 12.2. The number of nitrogens with zero attached hydrogens (tertiary/aromatic N) is 2. The van der Waals surface area contributed by atoms with E-state index in [0.29, 0.717) is 0 Å². The molecule has 1 unspecified atom stereocenters. The van der Waals surface area contributed by atoms with Crippen molar-refractivity contribution in [2.75, 3.05) is 52.4 Å². The van der Waals surface area contributed by atoms with Crippen LogP contribution in [0, 0.1) is 5.92 Å². The van der Waals surface area contributed by atoms with Gasteiger partial charge >= 0.3 is 0 Å². The molecule has 1 atom stereocenters. The summed E-state index contributed by atoms with van der Waals surface area (Å²) in [6.45, 7) is 12.6. The highest BCUT2D eigenvalue weighted by Crippen LogP contribution is 2.16. The van der Waals surface area contributed by atoms with Gasteiger partial charge in [-0.05, 0) is 70.7 Å². The van der Waals surface area contributed by atoms with Gasteiger partial charge in [-0.3, -0.25) is 0 Å². The standard InChI is InChI=1S/C15H31N3/c1-2-7-16-13-15-6-5-10-18(14-15)12-11-17-8-3-4-9-17/h15-16H,2-14H2,1H3. The fourth-order valence-electron chi connectivity index (χ4n) is 3.29. The third-order valence-electron chi connectivity index (χ3n) is 4.39. The van der Waals surface area contributed by atoms with E-state index in [4.69, 9.17) is 0 Å². The van der Waals surface area contributed by atoms with Gasteiger partial charge in [0.05, 0.1) is 0 Å². The quantitative estimate of drug-likeness (QED) is 0.698. The van der Waals surface area contributed by atoms with E-state index >= 15 is 0 Å². The van der Waals surface area contributed by atoms with Crippen LogP contribution in [0.25, 0.3) is 0 Å². The van der Waals surface area contributed by atoms with Gasteiger partial charge in [0.1, 0.15) is 0 Å². The zero-order chi connectivity index (χ0) is 12.6. The molecule has 0 saturated carbocycles. The summed E-state index contributed by atoms with van der Waals surface area (Å²) in [5, 5.41) is 3.59. The Balaban J connectivity index is 1.59. The molecule has 1 N–H and O–H groups in total. The van der Waals surface area contributed by atoms with Crippen LogP contribution < -0.4 is 5.32 Å². The Morgan fingerprint density at radius 2 is 1.72 bits per heavy atom. The normalized spacial score (nSPS) is 26.8. The SMILES string of the molecule is CCCNCC1CCCN(CCN2CCCC2)C1. The number of piperidine rings is 1. The number of hydrogen-bond acceptors (Lipinski definition) is 3. The van der Waals surface area contributed by atoms with E-state index in [1.165, 1.54) is 84.5 Å². The summed E-state index contributed by atoms with van der Waals surface area (Å²) >= 11 is 0. The van der Waals surface area contributed by atoms with Crippen molar-refractivity contribution in [3.05, 3.63) is 0 Å². The smallest absolute Gasteiger partial charge is 0.0109 e. The maximum Gasteiger partial charge on any atom is 0.0109 e. The second-order valence-electron chi connectivity index (χ2n) is 6.06. The van der Waals surface area contributed by atoms with Gasteiger partial charge in [-0.2, -0.15) is 0 Å². The van der Waals surface area contributed by atoms with E-state index < -0.39 is 0 Å². The topological polar surface area (TPSA) is 18.5 Å². The number of rotatable bonds is 7. The van der Waals surface area contributed by atoms with Gasteiger partial charge in [0.25, 0.3) is 0 Å². The molecule has 106 valence electrons. The van der Waals surface area contributed by atoms with Crippen LogP contribution >= 0.6 is 0 Å². The molecule has 0 spiro atoms. The lowest BCUT2D eigenvalue weighted by atomic mass is 9.98. The first-order chi connectivity index (χ1) is 8.88. The third-order valence-corrected chi connectivity index (χ3v) is 4.39. The summed E-state index contributed by atoms with van der Waals surface area (Å²) in [6.07, 6.45) is 6.92. The van der Waals surface area contributed by atoms with E-state index in [2.05, 4.69) is 22.0 Å². The molecule has 2 aliphatic rings. The monoisotopic (exact) mass is 253 g/mol. The summed E-state index contributed by atoms with van der Waals surface area (Å²) < 4.78 is 0. The number of hydrogen-bond donors (Lipinski definition) is 1. The molecule has 18 heavy (non-hydrogen) atoms. The molecule has 0 aromatic rings. The first-order valence-electron chi connectivity index (χ1n) is 8.04. The number of likely N-dealkylation sites (tertiary alicyclic amines) is 2. The molecule has 0 amide bonds. The minimum Gasteiger partial charge on any atom is -0.316 e. The lowest BCUT2D eigenvalue weighted by Gasteiger charge is -2.33. The van der Waals surface area contributed by atoms with Crippen LogP contribution in [-0.2, 0) is 0 Å². The molecule has 2 saturated heterocycles. The second kappa shape index (κ2) is 8.13. The van der Waals surface area contributed by atoms with Crippen LogP contribution in [0.1, 0.15) is 39.0 Å². The van der Waals surface area contributed by atoms with Crippen molar-refractivity contribution in [3.8, 4) is 0 Å². The van der Waals surface area contributed by atoms with Gasteiger partial charge < -0.3 is 15.1 Å². The van der Waals surface area contributed by atoms with E-state index in [-0.39, 0.29) is 0 Å². The predicted molar refractivity (Wildman–Crippen MR) is 78.0 cm³/mol. The van der Waals surface area contributed by atoms with Gasteiger partial charge in [-0.1, -0.05) is 6.92 Å². The Bertz CT molecular complexity index is 214. The molecular weight excluding hydrogens is 222 g/mol. The van der Waals surface area contributed by atoms with Crippen LogP contribution in [0.15, 0.2) is 0 Å². The van der Waals surface area contributed by atoms with E-state index in [1.807, 2.05) is 0 Å². The third kappa shape index (κ3) is 4.87. The first kappa shape index (κ1) is 14.3. The number of nitrogens with one attached hydrogen (secondary N) is 1. The predicted octanol–water partition coefficient (Wildman–Crippen LogP) is 1.79. The van der Waals surface area contributed by atoms with Crippen LogP contribution in [-0.4, -0.2) is 62.2 Å². The van der Waals surface area contributed by atoms with E-state index in [9.17, 15) is 0 Å². The Labute approximate surface area is 113 Å². The summed E-state index contributed by atoms with van der Waals surface area (Å²) in [7, 11) is 0. The zero-order valence-electron chi connectivity index (χ0n) is 12.2. The van der Waals surface area contributed by atoms with Crippen molar-refractivity contribution in [1.82, 2.24) is 15.1 Å². The molecule has 0 radical (unpaired) electrons. The van der Waals surface area contributed by atoms with Crippen molar-refractivity contribution in [3.63, 3.8) is 0 Å². The van der Waals surface area contributed by atoms with Gasteiger partial charge in [-0.15, -0.1) is 0 Å². The summed E-state index contributed by atoms with van der Waals surface area (Å²) in [5.74, 6) is 0.892. The first-order valence-corrected chi connectivity index (χ1v) is 8.04. The molecule has 2 fully saturated rings. The molecule has 2 aliphatic heterocycles. The highest BCUT2D eigenvalue weighted by atomic mass is 15.2. The van der Waals surface area contributed by atoms with Crippen molar-refractivity contribution >= 4 is 0 Å². The molecule has 2 rings (SSSR count). The summed E-state index contributed by atoms with van der Waals surface area (Å²) in [5.41, 5.74) is 0. The maximum absolute atomic E-state index is 3.59. The highest BCUT2D eigenvalue weighted by Gasteiger charge is 2.20. The van der Waals surface area contributed by atoms with Crippen LogP contribution in [0.4, 0.5) is 0 Å². The second-order valence-corrected chi connectivity index (χ2v) is 6.06. The van der Waals surface area contributed by atoms with Crippen molar-refractivity contribution < 1.29 is 0 Å². The van der Waals surface area contributed by atoms with Gasteiger partial charge in [-0.25, -0.2) is 0 Å². The molecule has 0 aliphatic carbocycles. The fraction of sp³-hybridized carbons (Fsp3) is 1.00. The van der Waals surface area contributed by atoms with E-state index in [1.54, 1.807) is 0 Å². The molecule has 3 heteroatoms. The average molecular weight is 253 g/mol. The molecule has 0 bridgehead atoms. The van der Waals surface area contributed by atoms with Crippen LogP contribution in [0.3, 0.4) is 0 Å². The Kier molecular flexibility index (Phi) is 6.46. The van der Waals surface area contributed by atoms with Crippen molar-refractivity contribution in [1.29, 1.82) is 0 Å². The van der Waals surface area contributed by atoms with Crippen LogP contribution in [0.5, 0.6) is 0 Å². The average Bonchev–Trinajstić information content (AvgIpc) is 2.90. The van der Waals surface area contributed by atoms with Crippen molar-refractivity contribution in [2.45, 2.75) is 39.0 Å². The van der Waals surface area contributed by atoms with Gasteiger partial charge in [0.2, 0.25) is 0 Å². The molecule has 3 nitrogen and oxygen atoms in total. The highest BCUT2D eigenvalue weighted by molar-refractivity contribution is 4.76. The molecule has 0 aromatic heterocycles. The van der Waals surface area contributed by atoms with Crippen molar-refractivity contribution in [2.24, 2.45) is 5.92 Å². The largest absolute Gasteiger partial charge is 0.316 e. The summed E-state index contributed by atoms with van der Waals surface area (Å²) in [6, 6.07) is 0. The van der Waals surface area contributed by atoms with Crippen LogP contribution in [0.2, 0.25) is 0 Å². The molecular formula is C15H31N3. The Morgan fingerprint density at radius 1 is 1.00 bits per heavy atom. The minimum absolute atomic E-state index is 0.892. The van der Waals surface area contributed by atoms with Gasteiger partial charge in [0.15, 0.2) is 0 Å². The Morgan fingerprint density at radius 3 is 2.50 bits per heavy atom.